The van der Waals surface area contributed by atoms with E-state index in [1.54, 1.807) is 12.1 Å². The molecule has 0 saturated carbocycles. The standard InChI is InChI=1S/C21H17F3N4O3/c1-27-19-16(24)7-15(23)8-18(19)31-11-17(20(27)29)26-21(30)28-10-13(9-25-28)5-12-3-2-4-14(22)6-12/h2-4,6-10,17H,5,11H2,1H3,(H,26,30). The zero-order chi connectivity index (χ0) is 22.1. The van der Waals surface area contributed by atoms with Gasteiger partial charge in [-0.1, -0.05) is 12.1 Å². The normalized spacial score (nSPS) is 15.8. The number of likely N-dealkylation sites (N-methyl/N-ethyl adjacent to an activating group) is 1. The maximum atomic E-state index is 14.2. The fourth-order valence-electron chi connectivity index (χ4n) is 3.33. The van der Waals surface area contributed by atoms with E-state index in [-0.39, 0.29) is 23.9 Å². The van der Waals surface area contributed by atoms with Crippen molar-refractivity contribution in [3.8, 4) is 5.75 Å². The summed E-state index contributed by atoms with van der Waals surface area (Å²) in [4.78, 5) is 26.2. The van der Waals surface area contributed by atoms with Gasteiger partial charge in [-0.3, -0.25) is 4.79 Å². The number of aromatic nitrogens is 2. The van der Waals surface area contributed by atoms with Crippen LogP contribution in [0.4, 0.5) is 23.7 Å². The van der Waals surface area contributed by atoms with Crippen LogP contribution < -0.4 is 15.0 Å². The van der Waals surface area contributed by atoms with Crippen molar-refractivity contribution in [1.82, 2.24) is 15.1 Å². The Bertz CT molecular complexity index is 1160. The second-order valence-electron chi connectivity index (χ2n) is 7.04. The first-order chi connectivity index (χ1) is 14.8. The van der Waals surface area contributed by atoms with E-state index in [0.717, 1.165) is 15.6 Å². The lowest BCUT2D eigenvalue weighted by molar-refractivity contribution is -0.120. The number of halogens is 3. The van der Waals surface area contributed by atoms with E-state index in [9.17, 15) is 22.8 Å². The first-order valence-electron chi connectivity index (χ1n) is 9.30. The van der Waals surface area contributed by atoms with Gasteiger partial charge in [0.2, 0.25) is 0 Å². The molecule has 0 aliphatic carbocycles. The van der Waals surface area contributed by atoms with Crippen LogP contribution in [0.15, 0.2) is 48.8 Å². The minimum Gasteiger partial charge on any atom is -0.488 e. The first kappa shape index (κ1) is 20.5. The lowest BCUT2D eigenvalue weighted by atomic mass is 10.1. The molecule has 1 aliphatic heterocycles. The van der Waals surface area contributed by atoms with E-state index < -0.39 is 29.6 Å². The van der Waals surface area contributed by atoms with Crippen molar-refractivity contribution >= 4 is 17.6 Å². The van der Waals surface area contributed by atoms with Gasteiger partial charge < -0.3 is 15.0 Å². The van der Waals surface area contributed by atoms with Crippen molar-refractivity contribution in [2.75, 3.05) is 18.6 Å². The number of anilines is 1. The predicted octanol–water partition coefficient (Wildman–Crippen LogP) is 2.87. The van der Waals surface area contributed by atoms with Crippen LogP contribution in [0.1, 0.15) is 11.1 Å². The summed E-state index contributed by atoms with van der Waals surface area (Å²) >= 11 is 0. The van der Waals surface area contributed by atoms with Gasteiger partial charge in [0.15, 0.2) is 5.82 Å². The number of carbonyl (C=O) groups excluding carboxylic acids is 2. The molecule has 4 rings (SSSR count). The minimum absolute atomic E-state index is 0.137. The number of rotatable bonds is 3. The van der Waals surface area contributed by atoms with Gasteiger partial charge in [0.1, 0.15) is 35.7 Å². The van der Waals surface area contributed by atoms with Gasteiger partial charge in [-0.05, 0) is 23.3 Å². The topological polar surface area (TPSA) is 76.5 Å². The molecule has 0 radical (unpaired) electrons. The van der Waals surface area contributed by atoms with Crippen LogP contribution in [0, 0.1) is 17.5 Å². The summed E-state index contributed by atoms with van der Waals surface area (Å²) in [5.41, 5.74) is 1.16. The third-order valence-corrected chi connectivity index (χ3v) is 4.80. The zero-order valence-corrected chi connectivity index (χ0v) is 16.3. The number of benzene rings is 2. The van der Waals surface area contributed by atoms with E-state index in [1.165, 1.54) is 31.6 Å². The fraction of sp³-hybridized carbons (Fsp3) is 0.190. The van der Waals surface area contributed by atoms with Crippen LogP contribution in [0.3, 0.4) is 0 Å². The minimum atomic E-state index is -1.15. The molecule has 2 heterocycles. The number of nitrogens with one attached hydrogen (secondary N) is 1. The molecule has 1 aliphatic rings. The van der Waals surface area contributed by atoms with Crippen molar-refractivity contribution < 1.29 is 27.5 Å². The summed E-state index contributed by atoms with van der Waals surface area (Å²) in [6.45, 7) is -0.317. The molecule has 160 valence electrons. The first-order valence-corrected chi connectivity index (χ1v) is 9.30. The number of hydrogen-bond acceptors (Lipinski definition) is 4. The van der Waals surface area contributed by atoms with Crippen LogP contribution >= 0.6 is 0 Å². The Morgan fingerprint density at radius 1 is 1.19 bits per heavy atom. The van der Waals surface area contributed by atoms with Crippen LogP contribution in [-0.2, 0) is 11.2 Å². The molecule has 3 aromatic rings. The van der Waals surface area contributed by atoms with Gasteiger partial charge in [-0.15, -0.1) is 0 Å². The van der Waals surface area contributed by atoms with Crippen molar-refractivity contribution in [2.24, 2.45) is 0 Å². The van der Waals surface area contributed by atoms with Crippen LogP contribution in [0.25, 0.3) is 0 Å². The second-order valence-corrected chi connectivity index (χ2v) is 7.04. The van der Waals surface area contributed by atoms with Gasteiger partial charge in [-0.2, -0.15) is 9.78 Å². The molecule has 1 unspecified atom stereocenters. The lowest BCUT2D eigenvalue weighted by Gasteiger charge is -2.20. The molecule has 2 amide bonds. The quantitative estimate of drug-likeness (QED) is 0.694. The number of ether oxygens (including phenoxy) is 1. The predicted molar refractivity (Wildman–Crippen MR) is 104 cm³/mol. The Labute approximate surface area is 175 Å². The van der Waals surface area contributed by atoms with Gasteiger partial charge in [-0.25, -0.2) is 18.0 Å². The smallest absolute Gasteiger partial charge is 0.342 e. The largest absolute Gasteiger partial charge is 0.488 e. The Hall–Kier alpha value is -3.82. The highest BCUT2D eigenvalue weighted by atomic mass is 19.1. The van der Waals surface area contributed by atoms with Gasteiger partial charge in [0, 0.05) is 31.8 Å². The third-order valence-electron chi connectivity index (χ3n) is 4.80. The van der Waals surface area contributed by atoms with E-state index in [0.29, 0.717) is 23.6 Å². The van der Waals surface area contributed by atoms with Gasteiger partial charge in [0.05, 0.1) is 6.20 Å². The average Bonchev–Trinajstić information content (AvgIpc) is 3.14. The maximum Gasteiger partial charge on any atom is 0.342 e. The van der Waals surface area contributed by atoms with Crippen LogP contribution in [0.2, 0.25) is 0 Å². The number of nitrogens with zero attached hydrogens (tertiary/aromatic N) is 3. The monoisotopic (exact) mass is 430 g/mol. The van der Waals surface area contributed by atoms with Crippen molar-refractivity contribution in [2.45, 2.75) is 12.5 Å². The van der Waals surface area contributed by atoms with E-state index in [1.807, 2.05) is 0 Å². The average molecular weight is 430 g/mol. The van der Waals surface area contributed by atoms with E-state index in [4.69, 9.17) is 4.74 Å². The van der Waals surface area contributed by atoms with E-state index >= 15 is 0 Å². The van der Waals surface area contributed by atoms with Crippen LogP contribution in [-0.4, -0.2) is 41.4 Å². The number of carbonyl (C=O) groups is 2. The van der Waals surface area contributed by atoms with Crippen molar-refractivity contribution in [3.63, 3.8) is 0 Å². The molecule has 7 nitrogen and oxygen atoms in total. The summed E-state index contributed by atoms with van der Waals surface area (Å²) in [6.07, 6.45) is 3.27. The molecule has 31 heavy (non-hydrogen) atoms. The second kappa shape index (κ2) is 8.13. The summed E-state index contributed by atoms with van der Waals surface area (Å²) in [6, 6.07) is 5.81. The molecular weight excluding hydrogens is 413 g/mol. The molecular formula is C21H17F3N4O3. The summed E-state index contributed by atoms with van der Waals surface area (Å²) in [5.74, 6) is -2.93. The summed E-state index contributed by atoms with van der Waals surface area (Å²) in [7, 11) is 1.31. The Morgan fingerprint density at radius 2 is 2.00 bits per heavy atom. The molecule has 1 aromatic heterocycles. The molecule has 0 fully saturated rings. The number of hydrogen-bond donors (Lipinski definition) is 1. The Morgan fingerprint density at radius 3 is 2.77 bits per heavy atom. The third kappa shape index (κ3) is 4.23. The van der Waals surface area contributed by atoms with Crippen LogP contribution in [0.5, 0.6) is 5.75 Å². The van der Waals surface area contributed by atoms with E-state index in [2.05, 4.69) is 10.4 Å². The van der Waals surface area contributed by atoms with Crippen molar-refractivity contribution in [1.29, 1.82) is 0 Å². The summed E-state index contributed by atoms with van der Waals surface area (Å²) < 4.78 is 47.4. The van der Waals surface area contributed by atoms with Gasteiger partial charge >= 0.3 is 6.03 Å². The Balaban J connectivity index is 1.47. The molecule has 2 aromatic carbocycles. The van der Waals surface area contributed by atoms with Crippen molar-refractivity contribution in [3.05, 3.63) is 77.4 Å². The molecule has 0 saturated heterocycles. The molecule has 0 bridgehead atoms. The Kier molecular flexibility index (Phi) is 5.37. The molecule has 0 spiro atoms. The molecule has 1 atom stereocenters. The number of amides is 2. The molecule has 1 N–H and O–H groups in total. The highest BCUT2D eigenvalue weighted by molar-refractivity contribution is 6.00. The zero-order valence-electron chi connectivity index (χ0n) is 16.3. The highest BCUT2D eigenvalue weighted by Crippen LogP contribution is 2.34. The number of fused-ring (bicyclic) bond motifs is 1. The highest BCUT2D eigenvalue weighted by Gasteiger charge is 2.33. The summed E-state index contributed by atoms with van der Waals surface area (Å²) in [5, 5.41) is 6.45. The fourth-order valence-corrected chi connectivity index (χ4v) is 3.33. The SMILES string of the molecule is CN1C(=O)C(NC(=O)n2cc(Cc3cccc(F)c3)cn2)COc2cc(F)cc(F)c21. The maximum absolute atomic E-state index is 14.2. The van der Waals surface area contributed by atoms with Gasteiger partial charge in [0.25, 0.3) is 5.91 Å². The lowest BCUT2D eigenvalue weighted by Crippen LogP contribution is -2.50. The molecule has 10 heteroatoms.